The van der Waals surface area contributed by atoms with Gasteiger partial charge in [0, 0.05) is 11.8 Å². The average Bonchev–Trinajstić information content (AvgIpc) is 2.55. The lowest BCUT2D eigenvalue weighted by Gasteiger charge is -2.09. The van der Waals surface area contributed by atoms with Crippen LogP contribution in [0.15, 0.2) is 78.4 Å². The standard InChI is InChI=1S/C16H14N2O4S/c1-3-12(2)17-23(21)14-9-10-16(15(11-14)18(19)20)22-13-7-5-4-6-8-13/h3-11,17H,1-2H2. The number of nitrogens with one attached hydrogen (secondary N) is 1. The predicted molar refractivity (Wildman–Crippen MR) is 88.5 cm³/mol. The molecule has 0 aromatic heterocycles. The minimum absolute atomic E-state index is 0.0736. The summed E-state index contributed by atoms with van der Waals surface area (Å²) >= 11 is 0. The maximum Gasteiger partial charge on any atom is 0.312 e. The summed E-state index contributed by atoms with van der Waals surface area (Å²) in [5.74, 6) is 0.548. The van der Waals surface area contributed by atoms with E-state index in [1.54, 1.807) is 24.3 Å². The third-order valence-electron chi connectivity index (χ3n) is 2.78. The Balaban J connectivity index is 2.31. The first-order valence-electron chi connectivity index (χ1n) is 6.52. The number of nitrogens with zero attached hydrogens (tertiary/aromatic N) is 1. The summed E-state index contributed by atoms with van der Waals surface area (Å²) in [4.78, 5) is 10.9. The average molecular weight is 330 g/mol. The minimum Gasteiger partial charge on any atom is -0.450 e. The zero-order chi connectivity index (χ0) is 16.8. The molecule has 0 spiro atoms. The Morgan fingerprint density at radius 3 is 2.57 bits per heavy atom. The molecule has 0 aliphatic rings. The Bertz CT molecular complexity index is 775. The Morgan fingerprint density at radius 2 is 1.96 bits per heavy atom. The van der Waals surface area contributed by atoms with E-state index in [0.717, 1.165) is 0 Å². The van der Waals surface area contributed by atoms with E-state index < -0.39 is 15.9 Å². The van der Waals surface area contributed by atoms with Crippen molar-refractivity contribution in [2.75, 3.05) is 0 Å². The van der Waals surface area contributed by atoms with E-state index in [4.69, 9.17) is 4.74 Å². The Kier molecular flexibility index (Phi) is 5.27. The molecule has 0 saturated carbocycles. The number of benzene rings is 2. The van der Waals surface area contributed by atoms with Crippen LogP contribution in [0.5, 0.6) is 11.5 Å². The smallest absolute Gasteiger partial charge is 0.312 e. The van der Waals surface area contributed by atoms with E-state index in [0.29, 0.717) is 11.4 Å². The van der Waals surface area contributed by atoms with Crippen LogP contribution in [-0.2, 0) is 11.0 Å². The van der Waals surface area contributed by atoms with Gasteiger partial charge in [-0.15, -0.1) is 0 Å². The van der Waals surface area contributed by atoms with Gasteiger partial charge in [0.2, 0.25) is 5.75 Å². The van der Waals surface area contributed by atoms with Crippen LogP contribution in [-0.4, -0.2) is 9.13 Å². The van der Waals surface area contributed by atoms with E-state index in [1.165, 1.54) is 24.3 Å². The lowest BCUT2D eigenvalue weighted by Crippen LogP contribution is -2.14. The predicted octanol–water partition coefficient (Wildman–Crippen LogP) is 3.70. The van der Waals surface area contributed by atoms with Crippen molar-refractivity contribution < 1.29 is 13.9 Å². The molecule has 0 fully saturated rings. The molecule has 1 atom stereocenters. The normalized spacial score (nSPS) is 11.3. The van der Waals surface area contributed by atoms with Crippen LogP contribution < -0.4 is 9.46 Å². The number of allylic oxidation sites excluding steroid dienone is 1. The first-order chi connectivity index (χ1) is 11.0. The number of ether oxygens (including phenoxy) is 1. The Labute approximate surface area is 135 Å². The van der Waals surface area contributed by atoms with E-state index in [9.17, 15) is 14.3 Å². The van der Waals surface area contributed by atoms with E-state index in [1.807, 2.05) is 6.07 Å². The van der Waals surface area contributed by atoms with Crippen LogP contribution in [0, 0.1) is 10.1 Å². The third kappa shape index (κ3) is 4.27. The molecular weight excluding hydrogens is 316 g/mol. The van der Waals surface area contributed by atoms with Crippen molar-refractivity contribution in [3.05, 3.63) is 83.6 Å². The molecular formula is C16H14N2O4S. The topological polar surface area (TPSA) is 81.5 Å². The lowest BCUT2D eigenvalue weighted by atomic mass is 10.3. The monoisotopic (exact) mass is 330 g/mol. The lowest BCUT2D eigenvalue weighted by molar-refractivity contribution is -0.385. The SMILES string of the molecule is C=CC(=C)NS(=O)c1ccc(Oc2ccccc2)c([N+](=O)[O-])c1. The number of nitro groups is 1. The first-order valence-corrected chi connectivity index (χ1v) is 7.67. The third-order valence-corrected chi connectivity index (χ3v) is 3.91. The van der Waals surface area contributed by atoms with Gasteiger partial charge in [0.25, 0.3) is 0 Å². The zero-order valence-electron chi connectivity index (χ0n) is 12.1. The minimum atomic E-state index is -1.68. The van der Waals surface area contributed by atoms with Crippen LogP contribution >= 0.6 is 0 Å². The Morgan fingerprint density at radius 1 is 1.26 bits per heavy atom. The highest BCUT2D eigenvalue weighted by atomic mass is 32.2. The van der Waals surface area contributed by atoms with Crippen molar-refractivity contribution in [2.45, 2.75) is 4.90 Å². The van der Waals surface area contributed by atoms with Gasteiger partial charge in [-0.1, -0.05) is 31.4 Å². The molecule has 7 heteroatoms. The summed E-state index contributed by atoms with van der Waals surface area (Å²) in [6.45, 7) is 7.08. The number of para-hydroxylation sites is 1. The van der Waals surface area contributed by atoms with E-state index in [2.05, 4.69) is 17.9 Å². The molecule has 2 rings (SSSR count). The molecule has 0 bridgehead atoms. The molecule has 118 valence electrons. The van der Waals surface area contributed by atoms with Crippen molar-refractivity contribution in [3.63, 3.8) is 0 Å². The molecule has 6 nitrogen and oxygen atoms in total. The van der Waals surface area contributed by atoms with Gasteiger partial charge in [-0.2, -0.15) is 0 Å². The summed E-state index contributed by atoms with van der Waals surface area (Å²) in [5.41, 5.74) is 0.0846. The molecule has 0 radical (unpaired) electrons. The highest BCUT2D eigenvalue weighted by Crippen LogP contribution is 2.32. The molecule has 0 heterocycles. The number of rotatable bonds is 7. The molecule has 1 N–H and O–H groups in total. The summed E-state index contributed by atoms with van der Waals surface area (Å²) in [6.07, 6.45) is 1.40. The summed E-state index contributed by atoms with van der Waals surface area (Å²) < 4.78 is 20.2. The highest BCUT2D eigenvalue weighted by Gasteiger charge is 2.19. The fourth-order valence-corrected chi connectivity index (χ4v) is 2.53. The first kappa shape index (κ1) is 16.4. The van der Waals surface area contributed by atoms with Gasteiger partial charge in [-0.3, -0.25) is 10.1 Å². The maximum absolute atomic E-state index is 12.1. The van der Waals surface area contributed by atoms with Crippen LogP contribution in [0.4, 0.5) is 5.69 Å². The van der Waals surface area contributed by atoms with E-state index in [-0.39, 0.29) is 16.3 Å². The van der Waals surface area contributed by atoms with Gasteiger partial charge < -0.3 is 9.46 Å². The fraction of sp³-hybridized carbons (Fsp3) is 0. The molecule has 0 saturated heterocycles. The van der Waals surface area contributed by atoms with Crippen LogP contribution in [0.25, 0.3) is 0 Å². The molecule has 2 aromatic rings. The van der Waals surface area contributed by atoms with Crippen LogP contribution in [0.2, 0.25) is 0 Å². The van der Waals surface area contributed by atoms with Crippen molar-refractivity contribution in [1.82, 2.24) is 4.72 Å². The van der Waals surface area contributed by atoms with Crippen molar-refractivity contribution in [2.24, 2.45) is 0 Å². The molecule has 0 aliphatic heterocycles. The Hall–Kier alpha value is -2.93. The summed E-state index contributed by atoms with van der Waals surface area (Å²) in [7, 11) is -1.68. The second kappa shape index (κ2) is 7.37. The van der Waals surface area contributed by atoms with Crippen molar-refractivity contribution >= 4 is 16.7 Å². The second-order valence-corrected chi connectivity index (χ2v) is 5.61. The number of nitro benzene ring substituents is 1. The molecule has 0 aliphatic carbocycles. The summed E-state index contributed by atoms with van der Waals surface area (Å²) in [6, 6.07) is 12.8. The zero-order valence-corrected chi connectivity index (χ0v) is 12.9. The van der Waals surface area contributed by atoms with Crippen LogP contribution in [0.1, 0.15) is 0 Å². The van der Waals surface area contributed by atoms with Gasteiger partial charge in [-0.05, 0) is 30.3 Å². The number of hydrogen-bond donors (Lipinski definition) is 1. The largest absolute Gasteiger partial charge is 0.450 e. The van der Waals surface area contributed by atoms with Gasteiger partial charge in [0.05, 0.1) is 9.82 Å². The quantitative estimate of drug-likeness (QED) is 0.477. The van der Waals surface area contributed by atoms with Gasteiger partial charge in [0.15, 0.2) is 11.0 Å². The van der Waals surface area contributed by atoms with Gasteiger partial charge in [0.1, 0.15) is 5.75 Å². The van der Waals surface area contributed by atoms with E-state index >= 15 is 0 Å². The molecule has 23 heavy (non-hydrogen) atoms. The van der Waals surface area contributed by atoms with Crippen LogP contribution in [0.3, 0.4) is 0 Å². The second-order valence-electron chi connectivity index (χ2n) is 4.40. The molecule has 0 amide bonds. The van der Waals surface area contributed by atoms with Gasteiger partial charge in [-0.25, -0.2) is 4.21 Å². The summed E-state index contributed by atoms with van der Waals surface area (Å²) in [5, 5.41) is 11.2. The van der Waals surface area contributed by atoms with Crippen molar-refractivity contribution in [1.29, 1.82) is 0 Å². The highest BCUT2D eigenvalue weighted by molar-refractivity contribution is 7.83. The molecule has 1 unspecified atom stereocenters. The van der Waals surface area contributed by atoms with Gasteiger partial charge >= 0.3 is 5.69 Å². The van der Waals surface area contributed by atoms with Crippen molar-refractivity contribution in [3.8, 4) is 11.5 Å². The number of hydrogen-bond acceptors (Lipinski definition) is 4. The maximum atomic E-state index is 12.1. The molecule has 2 aromatic carbocycles. The fourth-order valence-electron chi connectivity index (χ4n) is 1.68.